The molecule has 2 aliphatic rings. The fourth-order valence-corrected chi connectivity index (χ4v) is 6.94. The summed E-state index contributed by atoms with van der Waals surface area (Å²) in [5.41, 5.74) is 0. The van der Waals surface area contributed by atoms with Crippen molar-refractivity contribution < 1.29 is 10.2 Å². The molecular weight excluding hydrogens is 399 g/mol. The van der Waals surface area contributed by atoms with Crippen LogP contribution in [0.5, 0.6) is 0 Å². The van der Waals surface area contributed by atoms with Crippen LogP contribution in [0.1, 0.15) is 52.4 Å². The molecule has 0 saturated heterocycles. The predicted molar refractivity (Wildman–Crippen MR) is 128 cm³/mol. The number of thiol groups is 4. The summed E-state index contributed by atoms with van der Waals surface area (Å²) >= 11 is 19.3. The van der Waals surface area contributed by atoms with E-state index < -0.39 is 17.5 Å². The van der Waals surface area contributed by atoms with Crippen LogP contribution in [0.3, 0.4) is 0 Å². The van der Waals surface area contributed by atoms with E-state index in [2.05, 4.69) is 19.6 Å². The highest BCUT2D eigenvalue weighted by atomic mass is 32.1. The van der Waals surface area contributed by atoms with E-state index in [1.54, 1.807) is 0 Å². The topological polar surface area (TPSA) is 40.5 Å². The van der Waals surface area contributed by atoms with E-state index in [0.717, 1.165) is 18.8 Å². The normalized spacial score (nSPS) is 28.5. The van der Waals surface area contributed by atoms with Crippen molar-refractivity contribution in [3.8, 4) is 0 Å². The molecule has 2 aliphatic carbocycles. The maximum Gasteiger partial charge on any atom is 0.108 e. The molecule has 7 heteroatoms. The highest BCUT2D eigenvalue weighted by Crippen LogP contribution is 2.51. The van der Waals surface area contributed by atoms with E-state index in [1.165, 1.54) is 25.7 Å². The van der Waals surface area contributed by atoms with Crippen LogP contribution in [0.2, 0.25) is 5.82 Å². The Morgan fingerprint density at radius 1 is 0.769 bits per heavy atom. The van der Waals surface area contributed by atoms with Gasteiger partial charge in [0, 0.05) is 15.7 Å². The van der Waals surface area contributed by atoms with Gasteiger partial charge in [-0.05, 0) is 55.2 Å². The second-order valence-electron chi connectivity index (χ2n) is 8.65. The first-order valence-corrected chi connectivity index (χ1v) is 12.4. The standard InChI is InChI=1S/C19H37BO2S4/c1-3-11(9-5-6-9)16(23)13(10-7-8-10)17(24)19(26)15(22)18(25)14(21)12(20)4-2/h9-19,21-26H,3-8,20H2,1-2H3. The molecule has 0 amide bonds. The molecule has 9 atom stereocenters. The maximum absolute atomic E-state index is 10.8. The van der Waals surface area contributed by atoms with E-state index in [9.17, 15) is 10.2 Å². The lowest BCUT2D eigenvalue weighted by Crippen LogP contribution is -2.48. The Morgan fingerprint density at radius 2 is 1.31 bits per heavy atom. The number of aliphatic hydroxyl groups is 2. The molecule has 0 radical (unpaired) electrons. The van der Waals surface area contributed by atoms with Crippen molar-refractivity contribution in [3.63, 3.8) is 0 Å². The van der Waals surface area contributed by atoms with Gasteiger partial charge in [0.15, 0.2) is 0 Å². The van der Waals surface area contributed by atoms with Gasteiger partial charge in [-0.2, -0.15) is 50.5 Å². The van der Waals surface area contributed by atoms with Crippen LogP contribution in [0.15, 0.2) is 0 Å². The Hall–Kier alpha value is 1.38. The molecule has 2 fully saturated rings. The fourth-order valence-electron chi connectivity index (χ4n) is 4.32. The monoisotopic (exact) mass is 436 g/mol. The van der Waals surface area contributed by atoms with Gasteiger partial charge in [0.05, 0.1) is 17.5 Å². The van der Waals surface area contributed by atoms with Crippen LogP contribution < -0.4 is 0 Å². The summed E-state index contributed by atoms with van der Waals surface area (Å²) in [4.78, 5) is 0. The molecule has 0 aliphatic heterocycles. The van der Waals surface area contributed by atoms with Crippen LogP contribution in [-0.4, -0.2) is 51.3 Å². The van der Waals surface area contributed by atoms with Crippen LogP contribution in [0.25, 0.3) is 0 Å². The second kappa shape index (κ2) is 10.4. The van der Waals surface area contributed by atoms with Crippen LogP contribution in [0.4, 0.5) is 0 Å². The third-order valence-corrected chi connectivity index (χ3v) is 9.58. The molecule has 2 saturated carbocycles. The van der Waals surface area contributed by atoms with Gasteiger partial charge in [-0.25, -0.2) is 0 Å². The lowest BCUT2D eigenvalue weighted by Gasteiger charge is -2.39. The van der Waals surface area contributed by atoms with Crippen molar-refractivity contribution in [2.75, 3.05) is 0 Å². The van der Waals surface area contributed by atoms with Gasteiger partial charge in [0.2, 0.25) is 0 Å². The maximum atomic E-state index is 10.8. The first-order valence-electron chi connectivity index (χ1n) is 10.3. The van der Waals surface area contributed by atoms with Gasteiger partial charge >= 0.3 is 0 Å². The van der Waals surface area contributed by atoms with Crippen molar-refractivity contribution >= 4 is 58.4 Å². The minimum Gasteiger partial charge on any atom is -0.392 e. The molecule has 2 N–H and O–H groups in total. The molecule has 0 aromatic heterocycles. The summed E-state index contributed by atoms with van der Waals surface area (Å²) in [6, 6.07) is 0. The number of hydrogen-bond acceptors (Lipinski definition) is 6. The third kappa shape index (κ3) is 5.72. The summed E-state index contributed by atoms with van der Waals surface area (Å²) < 4.78 is 0. The Kier molecular flexibility index (Phi) is 9.49. The number of aliphatic hydroxyl groups excluding tert-OH is 2. The van der Waals surface area contributed by atoms with Gasteiger partial charge < -0.3 is 10.2 Å². The quantitative estimate of drug-likeness (QED) is 0.210. The smallest absolute Gasteiger partial charge is 0.108 e. The minimum absolute atomic E-state index is 0.0464. The largest absolute Gasteiger partial charge is 0.392 e. The van der Waals surface area contributed by atoms with Crippen LogP contribution in [0, 0.1) is 23.7 Å². The Bertz CT molecular complexity index is 436. The zero-order valence-electron chi connectivity index (χ0n) is 16.3. The average Bonchev–Trinajstić information content (AvgIpc) is 3.53. The molecule has 0 bridgehead atoms. The van der Waals surface area contributed by atoms with Crippen molar-refractivity contribution in [3.05, 3.63) is 0 Å². The van der Waals surface area contributed by atoms with Crippen molar-refractivity contribution in [1.82, 2.24) is 0 Å². The molecule has 9 unspecified atom stereocenters. The molecule has 0 aromatic carbocycles. The highest BCUT2D eigenvalue weighted by molar-refractivity contribution is 7.85. The van der Waals surface area contributed by atoms with Crippen LogP contribution >= 0.6 is 50.5 Å². The first-order chi connectivity index (χ1) is 12.2. The fraction of sp³-hybridized carbons (Fsp3) is 1.00. The molecule has 26 heavy (non-hydrogen) atoms. The molecule has 0 spiro atoms. The lowest BCUT2D eigenvalue weighted by atomic mass is 9.77. The van der Waals surface area contributed by atoms with E-state index in [-0.39, 0.29) is 16.3 Å². The Labute approximate surface area is 183 Å². The molecule has 152 valence electrons. The highest BCUT2D eigenvalue weighted by Gasteiger charge is 2.47. The number of rotatable bonds is 12. The van der Waals surface area contributed by atoms with Gasteiger partial charge in [-0.15, -0.1) is 0 Å². The summed E-state index contributed by atoms with van der Waals surface area (Å²) in [7, 11) is 1.99. The van der Waals surface area contributed by atoms with Crippen molar-refractivity contribution in [2.45, 2.75) is 91.4 Å². The summed E-state index contributed by atoms with van der Waals surface area (Å²) in [5.74, 6) is 2.55. The summed E-state index contributed by atoms with van der Waals surface area (Å²) in [6.07, 6.45) is 5.70. The van der Waals surface area contributed by atoms with Gasteiger partial charge in [0.1, 0.15) is 7.85 Å². The predicted octanol–water partition coefficient (Wildman–Crippen LogP) is 3.20. The number of hydrogen-bond donors (Lipinski definition) is 6. The van der Waals surface area contributed by atoms with Crippen molar-refractivity contribution in [1.29, 1.82) is 0 Å². The van der Waals surface area contributed by atoms with Gasteiger partial charge in [-0.1, -0.05) is 26.7 Å². The zero-order valence-corrected chi connectivity index (χ0v) is 19.9. The lowest BCUT2D eigenvalue weighted by molar-refractivity contribution is 0.0798. The van der Waals surface area contributed by atoms with E-state index >= 15 is 0 Å². The van der Waals surface area contributed by atoms with Crippen LogP contribution in [-0.2, 0) is 0 Å². The molecule has 0 heterocycles. The third-order valence-electron chi connectivity index (χ3n) is 6.72. The first kappa shape index (κ1) is 23.7. The summed E-state index contributed by atoms with van der Waals surface area (Å²) in [5, 5.41) is 20.7. The van der Waals surface area contributed by atoms with E-state index in [4.69, 9.17) is 37.9 Å². The Balaban J connectivity index is 2.06. The van der Waals surface area contributed by atoms with E-state index in [1.807, 2.05) is 14.8 Å². The second-order valence-corrected chi connectivity index (χ2v) is 11.0. The molecule has 2 nitrogen and oxygen atoms in total. The summed E-state index contributed by atoms with van der Waals surface area (Å²) in [6.45, 7) is 4.31. The van der Waals surface area contributed by atoms with Gasteiger partial charge in [-0.3, -0.25) is 0 Å². The Morgan fingerprint density at radius 3 is 1.73 bits per heavy atom. The molecule has 0 aromatic rings. The van der Waals surface area contributed by atoms with E-state index in [0.29, 0.717) is 23.0 Å². The average molecular weight is 437 g/mol. The molecule has 2 rings (SSSR count). The van der Waals surface area contributed by atoms with Crippen molar-refractivity contribution in [2.24, 2.45) is 23.7 Å². The minimum atomic E-state index is -0.795. The molecular formula is C19H37BO2S4. The van der Waals surface area contributed by atoms with Gasteiger partial charge in [0.25, 0.3) is 0 Å². The SMILES string of the molecule is BC(CC)C(O)C(S)C(O)C(S)C(S)C(C1CC1)C(S)C(CC)C1CC1. The zero-order chi connectivity index (χ0) is 19.6.